The molecular weight excluding hydrogens is 476 g/mol. The van der Waals surface area contributed by atoms with Gasteiger partial charge in [-0.05, 0) is 24.3 Å². The normalized spacial score (nSPS) is 12.1. The van der Waals surface area contributed by atoms with Crippen molar-refractivity contribution in [2.24, 2.45) is 10.8 Å². The van der Waals surface area contributed by atoms with Crippen molar-refractivity contribution in [2.45, 2.75) is 6.54 Å². The number of imidazole rings is 1. The minimum atomic E-state index is -0.949. The average Bonchev–Trinajstić information content (AvgIpc) is 3.37. The molecule has 0 atom stereocenters. The van der Waals surface area contributed by atoms with Crippen LogP contribution in [0.1, 0.15) is 22.5 Å². The number of aromatic amines is 1. The molecule has 0 aliphatic heterocycles. The molecule has 176 valence electrons. The fourth-order valence-corrected chi connectivity index (χ4v) is 3.44. The van der Waals surface area contributed by atoms with Crippen LogP contribution >= 0.6 is 11.6 Å². The second-order valence-corrected chi connectivity index (χ2v) is 7.65. The van der Waals surface area contributed by atoms with Gasteiger partial charge in [-0.3, -0.25) is 10.4 Å². The number of rotatable bonds is 8. The van der Waals surface area contributed by atoms with E-state index in [1.165, 1.54) is 0 Å². The Labute approximate surface area is 202 Å². The first-order chi connectivity index (χ1) is 16.9. The zero-order valence-corrected chi connectivity index (χ0v) is 18.7. The average molecular weight is 494 g/mol. The van der Waals surface area contributed by atoms with Gasteiger partial charge in [0.2, 0.25) is 0 Å². The molecule has 3 aromatic heterocycles. The van der Waals surface area contributed by atoms with Crippen LogP contribution in [0.5, 0.6) is 0 Å². The maximum atomic E-state index is 14.3. The summed E-state index contributed by atoms with van der Waals surface area (Å²) in [5, 5.41) is 14.7. The van der Waals surface area contributed by atoms with Crippen molar-refractivity contribution >= 4 is 39.6 Å². The molecule has 0 saturated carbocycles. The van der Waals surface area contributed by atoms with Crippen LogP contribution in [0.3, 0.4) is 0 Å². The first-order valence-electron chi connectivity index (χ1n) is 10.1. The molecule has 0 spiro atoms. The fourth-order valence-electron chi connectivity index (χ4n) is 3.27. The van der Waals surface area contributed by atoms with Crippen LogP contribution in [0.2, 0.25) is 5.02 Å². The Morgan fingerprint density at radius 1 is 1.17 bits per heavy atom. The number of fused-ring (bicyclic) bond motifs is 1. The number of pyridine rings is 2. The largest absolute Gasteiger partial charge is 0.404 e. The molecule has 1 aromatic carbocycles. The number of nitrogens with two attached hydrogens (primary N) is 1. The zero-order chi connectivity index (χ0) is 24.9. The highest BCUT2D eigenvalue weighted by atomic mass is 35.5. The van der Waals surface area contributed by atoms with Gasteiger partial charge in [-0.2, -0.15) is 5.11 Å². The Kier molecular flexibility index (Phi) is 6.88. The summed E-state index contributed by atoms with van der Waals surface area (Å²) in [7, 11) is 0. The van der Waals surface area contributed by atoms with E-state index in [9.17, 15) is 8.78 Å². The van der Waals surface area contributed by atoms with Gasteiger partial charge in [0.05, 0.1) is 46.0 Å². The van der Waals surface area contributed by atoms with Gasteiger partial charge in [-0.15, -0.1) is 0 Å². The summed E-state index contributed by atoms with van der Waals surface area (Å²) in [4.78, 5) is 15.8. The highest BCUT2D eigenvalue weighted by Gasteiger charge is 2.18. The fraction of sp³-hybridized carbons (Fsp3) is 0.0435. The minimum absolute atomic E-state index is 0.112. The van der Waals surface area contributed by atoms with Gasteiger partial charge < -0.3 is 16.0 Å². The number of nitrogens with zero attached hydrogens (tertiary/aromatic N) is 4. The summed E-state index contributed by atoms with van der Waals surface area (Å²) in [6.45, 7) is 0.433. The molecule has 0 amide bonds. The van der Waals surface area contributed by atoms with Crippen LogP contribution in [0.4, 0.5) is 8.78 Å². The summed E-state index contributed by atoms with van der Waals surface area (Å²) in [5.74, 6) is -1.88. The van der Waals surface area contributed by atoms with Crippen molar-refractivity contribution < 1.29 is 8.78 Å². The molecule has 0 fully saturated rings. The predicted octanol–water partition coefficient (Wildman–Crippen LogP) is 4.77. The van der Waals surface area contributed by atoms with E-state index < -0.39 is 11.6 Å². The van der Waals surface area contributed by atoms with Crippen molar-refractivity contribution in [2.75, 3.05) is 0 Å². The van der Waals surface area contributed by atoms with Crippen LogP contribution in [0.25, 0.3) is 22.3 Å². The van der Waals surface area contributed by atoms with E-state index in [0.29, 0.717) is 34.9 Å². The molecule has 3 heterocycles. The molecule has 9 nitrogen and oxygen atoms in total. The van der Waals surface area contributed by atoms with E-state index in [-0.39, 0.29) is 27.6 Å². The number of benzene rings is 1. The second kappa shape index (κ2) is 10.2. The molecule has 4 aromatic rings. The Bertz CT molecular complexity index is 1480. The van der Waals surface area contributed by atoms with Crippen molar-refractivity contribution in [1.82, 2.24) is 25.3 Å². The van der Waals surface area contributed by atoms with E-state index in [1.54, 1.807) is 43.1 Å². The molecule has 12 heteroatoms. The van der Waals surface area contributed by atoms with Gasteiger partial charge in [-0.25, -0.2) is 24.3 Å². The van der Waals surface area contributed by atoms with Gasteiger partial charge in [0.1, 0.15) is 17.3 Å². The van der Waals surface area contributed by atoms with Crippen LogP contribution in [-0.2, 0) is 6.54 Å². The van der Waals surface area contributed by atoms with Crippen LogP contribution in [-0.4, -0.2) is 25.6 Å². The molecule has 6 N–H and O–H groups in total. The quantitative estimate of drug-likeness (QED) is 0.136. The topological polar surface area (TPSA) is 153 Å². The van der Waals surface area contributed by atoms with E-state index >= 15 is 0 Å². The Balaban J connectivity index is 1.65. The van der Waals surface area contributed by atoms with E-state index in [1.807, 2.05) is 0 Å². The van der Waals surface area contributed by atoms with Crippen molar-refractivity contribution in [3.63, 3.8) is 0 Å². The number of H-pyrrole nitrogens is 1. The Hall–Kier alpha value is -4.51. The summed E-state index contributed by atoms with van der Waals surface area (Å²) >= 11 is 5.78. The Morgan fingerprint density at radius 2 is 2.00 bits per heavy atom. The molecule has 4 rings (SSSR count). The summed E-state index contributed by atoms with van der Waals surface area (Å²) in [6, 6.07) is 6.58. The number of aromatic nitrogens is 4. The third-order valence-electron chi connectivity index (χ3n) is 5.02. The van der Waals surface area contributed by atoms with E-state index in [4.69, 9.17) is 28.3 Å². The second-order valence-electron chi connectivity index (χ2n) is 7.24. The molecular formula is C23H18ClF2N9. The van der Waals surface area contributed by atoms with Gasteiger partial charge in [-0.1, -0.05) is 11.6 Å². The van der Waals surface area contributed by atoms with Crippen molar-refractivity contribution in [1.29, 1.82) is 10.9 Å². The van der Waals surface area contributed by atoms with Gasteiger partial charge >= 0.3 is 0 Å². The molecule has 0 saturated heterocycles. The molecule has 35 heavy (non-hydrogen) atoms. The standard InChI is InChI=1S/C23H18ClF2N9/c24-16-4-14(17(25)5-18(16)26)23(28)15(6-27)19-1-2-20-21(34-19)3-12(7-32-20)22(35-29)10-30-8-13-9-31-11-33-13/h1-7,9-11,28-30H,8,27H2,(H,31,33)/b15-6-,22-10-,28-23?,35-29?. The summed E-state index contributed by atoms with van der Waals surface area (Å²) in [6.07, 6.45) is 7.55. The third-order valence-corrected chi connectivity index (χ3v) is 5.31. The van der Waals surface area contributed by atoms with Crippen LogP contribution in [0, 0.1) is 22.6 Å². The van der Waals surface area contributed by atoms with Crippen molar-refractivity contribution in [3.05, 3.63) is 101 Å². The van der Waals surface area contributed by atoms with E-state index in [2.05, 4.69) is 30.4 Å². The van der Waals surface area contributed by atoms with E-state index in [0.717, 1.165) is 18.0 Å². The monoisotopic (exact) mass is 493 g/mol. The molecule has 0 radical (unpaired) electrons. The lowest BCUT2D eigenvalue weighted by atomic mass is 9.99. The lowest BCUT2D eigenvalue weighted by Crippen LogP contribution is -2.09. The number of hydrogen-bond acceptors (Lipinski definition) is 8. The summed E-state index contributed by atoms with van der Waals surface area (Å²) < 4.78 is 27.9. The zero-order valence-electron chi connectivity index (χ0n) is 18.0. The summed E-state index contributed by atoms with van der Waals surface area (Å²) in [5.41, 5.74) is 15.7. The lowest BCUT2D eigenvalue weighted by molar-refractivity contribution is 0.582. The van der Waals surface area contributed by atoms with Gasteiger partial charge in [0.25, 0.3) is 0 Å². The smallest absolute Gasteiger partial charge is 0.144 e. The number of allylic oxidation sites excluding steroid dienone is 1. The highest BCUT2D eigenvalue weighted by molar-refractivity contribution is 6.33. The maximum Gasteiger partial charge on any atom is 0.144 e. The van der Waals surface area contributed by atoms with Gasteiger partial charge in [0, 0.05) is 47.6 Å². The minimum Gasteiger partial charge on any atom is -0.404 e. The lowest BCUT2D eigenvalue weighted by Gasteiger charge is -2.11. The maximum absolute atomic E-state index is 14.3. The molecule has 0 aliphatic rings. The first-order valence-corrected chi connectivity index (χ1v) is 10.5. The third kappa shape index (κ3) is 5.04. The van der Waals surface area contributed by atoms with Crippen LogP contribution < -0.4 is 11.1 Å². The van der Waals surface area contributed by atoms with Crippen molar-refractivity contribution in [3.8, 4) is 0 Å². The number of nitrogens with one attached hydrogen (secondary N) is 4. The SMILES string of the molecule is N=N/C(=C\NCc1c[nH]cn1)c1cnc2ccc(/C(=C/N)C(=N)c3cc(Cl)c(F)cc3F)nc2c1. The molecule has 0 aliphatic carbocycles. The molecule has 0 bridgehead atoms. The number of halogens is 3. The predicted molar refractivity (Wildman–Crippen MR) is 128 cm³/mol. The Morgan fingerprint density at radius 3 is 2.71 bits per heavy atom. The molecule has 0 unspecified atom stereocenters. The highest BCUT2D eigenvalue weighted by Crippen LogP contribution is 2.26. The van der Waals surface area contributed by atoms with Crippen LogP contribution in [0.15, 0.2) is 66.6 Å². The first kappa shape index (κ1) is 23.6. The van der Waals surface area contributed by atoms with Gasteiger partial charge in [0.15, 0.2) is 0 Å². The number of hydrogen-bond donors (Lipinski definition) is 5.